The van der Waals surface area contributed by atoms with E-state index in [4.69, 9.17) is 4.74 Å². The highest BCUT2D eigenvalue weighted by atomic mass is 16.6. The minimum absolute atomic E-state index is 0.146. The molecule has 0 spiro atoms. The molecule has 0 bridgehead atoms. The molecule has 0 aromatic carbocycles. The van der Waals surface area contributed by atoms with Crippen molar-refractivity contribution in [3.8, 4) is 0 Å². The molecular weight excluding hydrogens is 250 g/mol. The first-order valence-electron chi connectivity index (χ1n) is 6.19. The summed E-state index contributed by atoms with van der Waals surface area (Å²) in [5.41, 5.74) is -0.146. The maximum Gasteiger partial charge on any atom is 0.329 e. The van der Waals surface area contributed by atoms with Crippen LogP contribution in [0.4, 0.5) is 17.5 Å². The van der Waals surface area contributed by atoms with E-state index in [1.165, 1.54) is 6.20 Å². The third-order valence-electron chi connectivity index (χ3n) is 2.37. The van der Waals surface area contributed by atoms with Crippen LogP contribution in [0.2, 0.25) is 0 Å². The van der Waals surface area contributed by atoms with Gasteiger partial charge in [0, 0.05) is 20.2 Å². The second-order valence-electron chi connectivity index (χ2n) is 3.83. The topological polar surface area (TPSA) is 102 Å². The van der Waals surface area contributed by atoms with Crippen LogP contribution in [-0.2, 0) is 4.74 Å². The van der Waals surface area contributed by atoms with Gasteiger partial charge in [-0.15, -0.1) is 0 Å². The Hall–Kier alpha value is -1.96. The Balaban J connectivity index is 2.52. The van der Waals surface area contributed by atoms with Crippen molar-refractivity contribution in [3.05, 3.63) is 16.3 Å². The Bertz CT molecular complexity index is 413. The standard InChI is InChI=1S/C11H19N5O3/c1-3-4-6-19-7-5-13-10-9(16(17)18)8-14-11(12-2)15-10/h8H,3-7H2,1-2H3,(H2,12,13,14,15). The molecule has 0 saturated heterocycles. The number of nitro groups is 1. The summed E-state index contributed by atoms with van der Waals surface area (Å²) < 4.78 is 5.36. The molecule has 106 valence electrons. The molecule has 1 aromatic heterocycles. The fourth-order valence-corrected chi connectivity index (χ4v) is 1.35. The highest BCUT2D eigenvalue weighted by Crippen LogP contribution is 2.21. The molecule has 1 aromatic rings. The lowest BCUT2D eigenvalue weighted by atomic mass is 10.4. The molecule has 0 aliphatic heterocycles. The summed E-state index contributed by atoms with van der Waals surface area (Å²) in [6.07, 6.45) is 3.27. The van der Waals surface area contributed by atoms with Crippen molar-refractivity contribution in [2.75, 3.05) is 37.4 Å². The highest BCUT2D eigenvalue weighted by molar-refractivity contribution is 5.56. The van der Waals surface area contributed by atoms with Gasteiger partial charge in [0.25, 0.3) is 0 Å². The third kappa shape index (κ3) is 5.04. The second-order valence-corrected chi connectivity index (χ2v) is 3.83. The normalized spacial score (nSPS) is 10.2. The van der Waals surface area contributed by atoms with Gasteiger partial charge in [-0.2, -0.15) is 4.98 Å². The van der Waals surface area contributed by atoms with Gasteiger partial charge in [-0.05, 0) is 6.42 Å². The number of unbranched alkanes of at least 4 members (excludes halogenated alkanes) is 1. The molecule has 0 aliphatic carbocycles. The molecule has 0 fully saturated rings. The molecule has 0 aliphatic rings. The smallest absolute Gasteiger partial charge is 0.329 e. The van der Waals surface area contributed by atoms with Crippen molar-refractivity contribution in [2.45, 2.75) is 19.8 Å². The number of hydrogen-bond donors (Lipinski definition) is 2. The first kappa shape index (κ1) is 15.1. The molecule has 8 nitrogen and oxygen atoms in total. The van der Waals surface area contributed by atoms with Crippen molar-refractivity contribution in [1.82, 2.24) is 9.97 Å². The van der Waals surface area contributed by atoms with Crippen LogP contribution in [0.25, 0.3) is 0 Å². The Kier molecular flexibility index (Phi) is 6.51. The van der Waals surface area contributed by atoms with Gasteiger partial charge in [0.2, 0.25) is 11.8 Å². The lowest BCUT2D eigenvalue weighted by Gasteiger charge is -2.07. The van der Waals surface area contributed by atoms with Crippen LogP contribution in [0.15, 0.2) is 6.20 Å². The molecule has 0 amide bonds. The summed E-state index contributed by atoms with van der Waals surface area (Å²) in [5, 5.41) is 16.5. The van der Waals surface area contributed by atoms with Gasteiger partial charge in [0.1, 0.15) is 6.20 Å². The second kappa shape index (κ2) is 8.20. The molecule has 19 heavy (non-hydrogen) atoms. The van der Waals surface area contributed by atoms with Gasteiger partial charge in [-0.25, -0.2) is 4.98 Å². The van der Waals surface area contributed by atoms with Crippen LogP contribution in [0.1, 0.15) is 19.8 Å². The lowest BCUT2D eigenvalue weighted by Crippen LogP contribution is -2.13. The molecule has 8 heteroatoms. The summed E-state index contributed by atoms with van der Waals surface area (Å²) in [6, 6.07) is 0. The number of hydrogen-bond acceptors (Lipinski definition) is 7. The summed E-state index contributed by atoms with van der Waals surface area (Å²) in [7, 11) is 1.65. The van der Waals surface area contributed by atoms with E-state index in [0.29, 0.717) is 25.7 Å². The van der Waals surface area contributed by atoms with Gasteiger partial charge in [-0.1, -0.05) is 13.3 Å². The number of nitrogens with one attached hydrogen (secondary N) is 2. The van der Waals surface area contributed by atoms with Gasteiger partial charge in [-0.3, -0.25) is 10.1 Å². The Morgan fingerprint density at radius 2 is 2.26 bits per heavy atom. The molecule has 0 atom stereocenters. The quantitative estimate of drug-likeness (QED) is 0.399. The SMILES string of the molecule is CCCCOCCNc1nc(NC)ncc1[N+](=O)[O-]. The van der Waals surface area contributed by atoms with Gasteiger partial charge < -0.3 is 15.4 Å². The Labute approximate surface area is 111 Å². The van der Waals surface area contributed by atoms with Crippen LogP contribution < -0.4 is 10.6 Å². The minimum atomic E-state index is -0.514. The zero-order valence-corrected chi connectivity index (χ0v) is 11.2. The van der Waals surface area contributed by atoms with Crippen LogP contribution >= 0.6 is 0 Å². The molecule has 1 rings (SSSR count). The average molecular weight is 269 g/mol. The molecule has 0 radical (unpaired) electrons. The lowest BCUT2D eigenvalue weighted by molar-refractivity contribution is -0.384. The van der Waals surface area contributed by atoms with Gasteiger partial charge in [0.05, 0.1) is 11.5 Å². The largest absolute Gasteiger partial charge is 0.380 e. The van der Waals surface area contributed by atoms with E-state index in [1.54, 1.807) is 7.05 Å². The van der Waals surface area contributed by atoms with Crippen molar-refractivity contribution >= 4 is 17.5 Å². The first-order chi connectivity index (χ1) is 9.19. The number of rotatable bonds is 9. The fraction of sp³-hybridized carbons (Fsp3) is 0.636. The molecule has 2 N–H and O–H groups in total. The summed E-state index contributed by atoms with van der Waals surface area (Å²) in [4.78, 5) is 18.1. The van der Waals surface area contributed by atoms with Crippen molar-refractivity contribution in [3.63, 3.8) is 0 Å². The maximum absolute atomic E-state index is 10.8. The number of ether oxygens (including phenoxy) is 1. The third-order valence-corrected chi connectivity index (χ3v) is 2.37. The summed E-state index contributed by atoms with van der Waals surface area (Å²) >= 11 is 0. The van der Waals surface area contributed by atoms with Crippen LogP contribution in [0.5, 0.6) is 0 Å². The molecular formula is C11H19N5O3. The van der Waals surface area contributed by atoms with Crippen LogP contribution in [0, 0.1) is 10.1 Å². The number of anilines is 2. The van der Waals surface area contributed by atoms with E-state index in [2.05, 4.69) is 27.5 Å². The predicted molar refractivity (Wildman–Crippen MR) is 72.4 cm³/mol. The fourth-order valence-electron chi connectivity index (χ4n) is 1.35. The molecule has 1 heterocycles. The van der Waals surface area contributed by atoms with Crippen LogP contribution in [-0.4, -0.2) is 41.7 Å². The van der Waals surface area contributed by atoms with Crippen molar-refractivity contribution in [1.29, 1.82) is 0 Å². The highest BCUT2D eigenvalue weighted by Gasteiger charge is 2.16. The van der Waals surface area contributed by atoms with Crippen LogP contribution in [0.3, 0.4) is 0 Å². The monoisotopic (exact) mass is 269 g/mol. The summed E-state index contributed by atoms with van der Waals surface area (Å²) in [6.45, 7) is 3.73. The van der Waals surface area contributed by atoms with Gasteiger partial charge in [0.15, 0.2) is 0 Å². The summed E-state index contributed by atoms with van der Waals surface area (Å²) in [5.74, 6) is 0.531. The van der Waals surface area contributed by atoms with Gasteiger partial charge >= 0.3 is 5.69 Å². The van der Waals surface area contributed by atoms with E-state index in [-0.39, 0.29) is 11.5 Å². The number of nitrogens with zero attached hydrogens (tertiary/aromatic N) is 3. The van der Waals surface area contributed by atoms with E-state index in [0.717, 1.165) is 12.8 Å². The maximum atomic E-state index is 10.8. The zero-order chi connectivity index (χ0) is 14.1. The zero-order valence-electron chi connectivity index (χ0n) is 11.2. The van der Waals surface area contributed by atoms with E-state index in [1.807, 2.05) is 0 Å². The van der Waals surface area contributed by atoms with E-state index < -0.39 is 4.92 Å². The van der Waals surface area contributed by atoms with Crippen molar-refractivity contribution < 1.29 is 9.66 Å². The predicted octanol–water partition coefficient (Wildman–Crippen LogP) is 1.66. The minimum Gasteiger partial charge on any atom is -0.380 e. The van der Waals surface area contributed by atoms with Crippen molar-refractivity contribution in [2.24, 2.45) is 0 Å². The Morgan fingerprint density at radius 3 is 2.89 bits per heavy atom. The van der Waals surface area contributed by atoms with E-state index >= 15 is 0 Å². The Morgan fingerprint density at radius 1 is 1.47 bits per heavy atom. The molecule has 0 saturated carbocycles. The molecule has 0 unspecified atom stereocenters. The number of aromatic nitrogens is 2. The average Bonchev–Trinajstić information content (AvgIpc) is 2.42. The van der Waals surface area contributed by atoms with E-state index in [9.17, 15) is 10.1 Å². The first-order valence-corrected chi connectivity index (χ1v) is 6.19.